The lowest BCUT2D eigenvalue weighted by atomic mass is 10.1. The Hall–Kier alpha value is -0.420. The summed E-state index contributed by atoms with van der Waals surface area (Å²) in [6, 6.07) is 0. The molecule has 4 heteroatoms. The van der Waals surface area contributed by atoms with Gasteiger partial charge in [0.1, 0.15) is 12.7 Å². The summed E-state index contributed by atoms with van der Waals surface area (Å²) in [5.74, 6) is 0. The predicted octanol–water partition coefficient (Wildman–Crippen LogP) is -0.649. The number of rotatable bonds is 0. The number of hydrogen-bond donors (Lipinski definition) is 2. The molecule has 1 atom stereocenters. The second-order valence-corrected chi connectivity index (χ2v) is 2.37. The van der Waals surface area contributed by atoms with E-state index < -0.39 is 0 Å². The maximum atomic E-state index is 5.20. The fourth-order valence-electron chi connectivity index (χ4n) is 1.12. The van der Waals surface area contributed by atoms with Gasteiger partial charge in [0.15, 0.2) is 0 Å². The van der Waals surface area contributed by atoms with Crippen molar-refractivity contribution in [2.75, 3.05) is 19.7 Å². The van der Waals surface area contributed by atoms with Crippen LogP contribution in [0.4, 0.5) is 0 Å². The van der Waals surface area contributed by atoms with Crippen molar-refractivity contribution in [2.45, 2.75) is 6.10 Å². The highest BCUT2D eigenvalue weighted by atomic mass is 16.7. The molecule has 2 heterocycles. The molecule has 2 N–H and O–H groups in total. The number of nitrogens with one attached hydrogen (secondary N) is 2. The van der Waals surface area contributed by atoms with Crippen LogP contribution in [0.5, 0.6) is 0 Å². The molecule has 0 bridgehead atoms. The van der Waals surface area contributed by atoms with Crippen LogP contribution < -0.4 is 11.0 Å². The monoisotopic (exact) mass is 142 g/mol. The van der Waals surface area contributed by atoms with Gasteiger partial charge in [0.2, 0.25) is 0 Å². The van der Waals surface area contributed by atoms with Gasteiger partial charge >= 0.3 is 0 Å². The minimum Gasteiger partial charge on any atom is -0.298 e. The molecule has 0 amide bonds. The van der Waals surface area contributed by atoms with Gasteiger partial charge in [-0.25, -0.2) is 0 Å². The molecule has 2 rings (SSSR count). The summed E-state index contributed by atoms with van der Waals surface area (Å²) in [5.41, 5.74) is 6.89. The zero-order valence-corrected chi connectivity index (χ0v) is 5.59. The van der Waals surface area contributed by atoms with Gasteiger partial charge in [-0.2, -0.15) is 11.0 Å². The Bertz CT molecular complexity index is 158. The van der Waals surface area contributed by atoms with Gasteiger partial charge in [-0.15, -0.1) is 0 Å². The van der Waals surface area contributed by atoms with E-state index >= 15 is 0 Å². The van der Waals surface area contributed by atoms with E-state index in [4.69, 9.17) is 9.68 Å². The summed E-state index contributed by atoms with van der Waals surface area (Å²) in [4.78, 5) is 10.2. The zero-order valence-electron chi connectivity index (χ0n) is 5.59. The summed E-state index contributed by atoms with van der Waals surface area (Å²) in [7, 11) is 0. The number of hydrogen-bond acceptors (Lipinski definition) is 4. The van der Waals surface area contributed by atoms with Crippen LogP contribution in [-0.4, -0.2) is 25.8 Å². The molecule has 2 aliphatic rings. The van der Waals surface area contributed by atoms with Crippen LogP contribution in [0.1, 0.15) is 0 Å². The van der Waals surface area contributed by atoms with Gasteiger partial charge in [0, 0.05) is 13.1 Å². The third-order valence-electron chi connectivity index (χ3n) is 1.70. The quantitative estimate of drug-likeness (QED) is 0.441. The summed E-state index contributed by atoms with van der Waals surface area (Å²) < 4.78 is 0. The van der Waals surface area contributed by atoms with E-state index in [2.05, 4.69) is 17.0 Å². The number of fused-ring (bicyclic) bond motifs is 1. The van der Waals surface area contributed by atoms with Crippen molar-refractivity contribution in [2.24, 2.45) is 0 Å². The molecule has 0 spiro atoms. The SMILES string of the molecule is C1=C2CNOC[C@H]2ONC1. The number of hydroxylamine groups is 2. The van der Waals surface area contributed by atoms with Gasteiger partial charge in [-0.05, 0) is 5.57 Å². The van der Waals surface area contributed by atoms with E-state index in [9.17, 15) is 0 Å². The van der Waals surface area contributed by atoms with E-state index in [1.54, 1.807) is 0 Å². The molecule has 10 heavy (non-hydrogen) atoms. The summed E-state index contributed by atoms with van der Waals surface area (Å²) >= 11 is 0. The average molecular weight is 142 g/mol. The Morgan fingerprint density at radius 3 is 3.40 bits per heavy atom. The van der Waals surface area contributed by atoms with E-state index in [1.165, 1.54) is 5.57 Å². The van der Waals surface area contributed by atoms with E-state index in [0.29, 0.717) is 6.61 Å². The van der Waals surface area contributed by atoms with Gasteiger partial charge in [-0.3, -0.25) is 9.68 Å². The van der Waals surface area contributed by atoms with Crippen molar-refractivity contribution in [3.8, 4) is 0 Å². The summed E-state index contributed by atoms with van der Waals surface area (Å²) in [6.07, 6.45) is 2.25. The Balaban J connectivity index is 2.08. The fraction of sp³-hybridized carbons (Fsp3) is 0.667. The topological polar surface area (TPSA) is 42.5 Å². The smallest absolute Gasteiger partial charge is 0.127 e. The van der Waals surface area contributed by atoms with E-state index in [0.717, 1.165) is 13.1 Å². The lowest BCUT2D eigenvalue weighted by Gasteiger charge is -2.28. The summed E-state index contributed by atoms with van der Waals surface area (Å²) in [5, 5.41) is 0. The maximum Gasteiger partial charge on any atom is 0.127 e. The third kappa shape index (κ3) is 1.06. The highest BCUT2D eigenvalue weighted by Gasteiger charge is 2.22. The van der Waals surface area contributed by atoms with Crippen molar-refractivity contribution >= 4 is 0 Å². The largest absolute Gasteiger partial charge is 0.298 e. The van der Waals surface area contributed by atoms with Crippen molar-refractivity contribution in [3.63, 3.8) is 0 Å². The molecule has 0 radical (unpaired) electrons. The molecule has 1 fully saturated rings. The lowest BCUT2D eigenvalue weighted by molar-refractivity contribution is -0.0971. The van der Waals surface area contributed by atoms with Crippen LogP contribution in [0.3, 0.4) is 0 Å². The minimum atomic E-state index is 0.120. The normalized spacial score (nSPS) is 32.8. The van der Waals surface area contributed by atoms with Crippen molar-refractivity contribution in [1.82, 2.24) is 11.0 Å². The second-order valence-electron chi connectivity index (χ2n) is 2.37. The van der Waals surface area contributed by atoms with Crippen molar-refractivity contribution in [3.05, 3.63) is 11.6 Å². The first-order chi connectivity index (χ1) is 4.97. The Morgan fingerprint density at radius 2 is 2.50 bits per heavy atom. The standard InChI is InChI=1S/C6H10N2O2/c1-2-7-10-6-4-9-8-3-5(1)6/h1,6-8H,2-4H2/t6-/m1/s1. The molecule has 0 saturated carbocycles. The lowest BCUT2D eigenvalue weighted by Crippen LogP contribution is -2.43. The first-order valence-corrected chi connectivity index (χ1v) is 3.39. The molecule has 0 aliphatic carbocycles. The molecular weight excluding hydrogens is 132 g/mol. The molecule has 2 aliphatic heterocycles. The molecule has 0 aromatic rings. The average Bonchev–Trinajstić information content (AvgIpc) is 2.05. The Kier molecular flexibility index (Phi) is 1.68. The molecule has 1 saturated heterocycles. The van der Waals surface area contributed by atoms with Crippen molar-refractivity contribution < 1.29 is 9.68 Å². The van der Waals surface area contributed by atoms with Crippen LogP contribution in [0.25, 0.3) is 0 Å². The predicted molar refractivity (Wildman–Crippen MR) is 34.9 cm³/mol. The second kappa shape index (κ2) is 2.67. The van der Waals surface area contributed by atoms with Crippen LogP contribution in [0.15, 0.2) is 11.6 Å². The molecule has 0 aromatic carbocycles. The Morgan fingerprint density at radius 1 is 1.50 bits per heavy atom. The highest BCUT2D eigenvalue weighted by molar-refractivity contribution is 5.13. The van der Waals surface area contributed by atoms with Crippen LogP contribution in [-0.2, 0) is 9.68 Å². The molecule has 4 nitrogen and oxygen atoms in total. The van der Waals surface area contributed by atoms with Crippen LogP contribution in [0.2, 0.25) is 0 Å². The first kappa shape index (κ1) is 6.30. The summed E-state index contributed by atoms with van der Waals surface area (Å²) in [6.45, 7) is 2.18. The van der Waals surface area contributed by atoms with Crippen LogP contribution in [0, 0.1) is 0 Å². The Labute approximate surface area is 59.1 Å². The third-order valence-corrected chi connectivity index (χ3v) is 1.70. The van der Waals surface area contributed by atoms with Gasteiger partial charge < -0.3 is 0 Å². The maximum absolute atomic E-state index is 5.20. The molecule has 0 unspecified atom stereocenters. The van der Waals surface area contributed by atoms with Crippen molar-refractivity contribution in [1.29, 1.82) is 0 Å². The fourth-order valence-corrected chi connectivity index (χ4v) is 1.12. The molecule has 0 aromatic heterocycles. The first-order valence-electron chi connectivity index (χ1n) is 3.39. The van der Waals surface area contributed by atoms with E-state index in [-0.39, 0.29) is 6.10 Å². The molecular formula is C6H10N2O2. The van der Waals surface area contributed by atoms with Gasteiger partial charge in [0.25, 0.3) is 0 Å². The van der Waals surface area contributed by atoms with Gasteiger partial charge in [0.05, 0.1) is 0 Å². The van der Waals surface area contributed by atoms with E-state index in [1.807, 2.05) is 0 Å². The highest BCUT2D eigenvalue weighted by Crippen LogP contribution is 2.11. The molecule has 56 valence electrons. The minimum absolute atomic E-state index is 0.120. The van der Waals surface area contributed by atoms with Crippen LogP contribution >= 0.6 is 0 Å². The zero-order chi connectivity index (χ0) is 6.81. The van der Waals surface area contributed by atoms with Gasteiger partial charge in [-0.1, -0.05) is 6.08 Å².